The third-order valence-corrected chi connectivity index (χ3v) is 3.03. The smallest absolute Gasteiger partial charge is 0.353 e. The minimum atomic E-state index is -1.09. The third-order valence-electron chi connectivity index (χ3n) is 2.26. The van der Waals surface area contributed by atoms with Crippen molar-refractivity contribution in [2.24, 2.45) is 0 Å². The molecule has 0 saturated heterocycles. The Morgan fingerprint density at radius 3 is 2.76 bits per heavy atom. The molecular formula is C11H9FN2O2S. The molecule has 1 aromatic carbocycles. The number of aromatic nitrogens is 2. The van der Waals surface area contributed by atoms with Crippen LogP contribution in [-0.2, 0) is 0 Å². The van der Waals surface area contributed by atoms with Crippen molar-refractivity contribution in [1.82, 2.24) is 10.2 Å². The standard InChI is InChI=1S/C11H9FN2O2S/c1-17-10-3-2-6(4-7(10)12)8-5-9(11(15)16)14-13-8/h2-5H,1H3,(H,13,14)(H,15,16). The van der Waals surface area contributed by atoms with Gasteiger partial charge in [-0.15, -0.1) is 11.8 Å². The van der Waals surface area contributed by atoms with Gasteiger partial charge in [-0.1, -0.05) is 6.07 Å². The zero-order valence-electron chi connectivity index (χ0n) is 8.90. The van der Waals surface area contributed by atoms with Crippen LogP contribution >= 0.6 is 11.8 Å². The van der Waals surface area contributed by atoms with Crippen molar-refractivity contribution in [2.75, 3.05) is 6.26 Å². The number of nitrogens with one attached hydrogen (secondary N) is 1. The van der Waals surface area contributed by atoms with E-state index in [-0.39, 0.29) is 11.5 Å². The van der Waals surface area contributed by atoms with Crippen LogP contribution in [0.2, 0.25) is 0 Å². The largest absolute Gasteiger partial charge is 0.477 e. The van der Waals surface area contributed by atoms with Gasteiger partial charge < -0.3 is 5.11 Å². The van der Waals surface area contributed by atoms with Crippen LogP contribution in [0.15, 0.2) is 29.2 Å². The Morgan fingerprint density at radius 1 is 1.47 bits per heavy atom. The van der Waals surface area contributed by atoms with Gasteiger partial charge in [0.15, 0.2) is 0 Å². The summed E-state index contributed by atoms with van der Waals surface area (Å²) in [7, 11) is 0. The molecule has 2 N–H and O–H groups in total. The van der Waals surface area contributed by atoms with E-state index >= 15 is 0 Å². The van der Waals surface area contributed by atoms with Gasteiger partial charge in [0, 0.05) is 10.5 Å². The molecule has 0 atom stereocenters. The number of hydrogen-bond donors (Lipinski definition) is 2. The normalized spacial score (nSPS) is 10.5. The summed E-state index contributed by atoms with van der Waals surface area (Å²) in [5.41, 5.74) is 0.937. The van der Waals surface area contributed by atoms with Crippen LogP contribution < -0.4 is 0 Å². The van der Waals surface area contributed by atoms with Gasteiger partial charge >= 0.3 is 5.97 Å². The number of carboxylic acids is 1. The molecule has 0 amide bonds. The number of carboxylic acid groups (broad SMARTS) is 1. The number of nitrogens with zero attached hydrogens (tertiary/aromatic N) is 1. The van der Waals surface area contributed by atoms with Crippen LogP contribution in [0.3, 0.4) is 0 Å². The second-order valence-electron chi connectivity index (χ2n) is 3.32. The minimum absolute atomic E-state index is 0.0191. The van der Waals surface area contributed by atoms with Crippen molar-refractivity contribution in [3.05, 3.63) is 35.8 Å². The van der Waals surface area contributed by atoms with Gasteiger partial charge in [-0.05, 0) is 24.5 Å². The average Bonchev–Trinajstić information content (AvgIpc) is 2.78. The van der Waals surface area contributed by atoms with Crippen LogP contribution in [0.1, 0.15) is 10.5 Å². The molecule has 0 aliphatic rings. The van der Waals surface area contributed by atoms with Gasteiger partial charge in [0.25, 0.3) is 0 Å². The highest BCUT2D eigenvalue weighted by molar-refractivity contribution is 7.98. The van der Waals surface area contributed by atoms with Crippen molar-refractivity contribution in [3.8, 4) is 11.3 Å². The zero-order chi connectivity index (χ0) is 12.4. The molecule has 0 unspecified atom stereocenters. The lowest BCUT2D eigenvalue weighted by Crippen LogP contribution is -1.95. The zero-order valence-corrected chi connectivity index (χ0v) is 9.71. The first-order chi connectivity index (χ1) is 8.11. The second-order valence-corrected chi connectivity index (χ2v) is 4.17. The van der Waals surface area contributed by atoms with Crippen LogP contribution in [0.5, 0.6) is 0 Å². The lowest BCUT2D eigenvalue weighted by atomic mass is 10.1. The predicted octanol–water partition coefficient (Wildman–Crippen LogP) is 2.64. The van der Waals surface area contributed by atoms with Crippen LogP contribution in [0.4, 0.5) is 4.39 Å². The Balaban J connectivity index is 2.39. The quantitative estimate of drug-likeness (QED) is 0.824. The van der Waals surface area contributed by atoms with E-state index in [0.717, 1.165) is 0 Å². The molecular weight excluding hydrogens is 243 g/mol. The van der Waals surface area contributed by atoms with E-state index in [1.165, 1.54) is 23.9 Å². The predicted molar refractivity (Wildman–Crippen MR) is 62.7 cm³/mol. The second kappa shape index (κ2) is 4.58. The van der Waals surface area contributed by atoms with E-state index in [1.807, 2.05) is 0 Å². The fraction of sp³-hybridized carbons (Fsp3) is 0.0909. The number of aromatic amines is 1. The minimum Gasteiger partial charge on any atom is -0.477 e. The Hall–Kier alpha value is -1.82. The summed E-state index contributed by atoms with van der Waals surface area (Å²) >= 11 is 1.31. The third kappa shape index (κ3) is 2.31. The fourth-order valence-corrected chi connectivity index (χ4v) is 1.86. The van der Waals surface area contributed by atoms with E-state index in [1.54, 1.807) is 18.4 Å². The Labute approximate surface area is 101 Å². The first-order valence-electron chi connectivity index (χ1n) is 4.74. The average molecular weight is 252 g/mol. The van der Waals surface area contributed by atoms with Crippen molar-refractivity contribution in [3.63, 3.8) is 0 Å². The lowest BCUT2D eigenvalue weighted by molar-refractivity contribution is 0.0690. The number of hydrogen-bond acceptors (Lipinski definition) is 3. The molecule has 6 heteroatoms. The van der Waals surface area contributed by atoms with Crippen molar-refractivity contribution < 1.29 is 14.3 Å². The fourth-order valence-electron chi connectivity index (χ4n) is 1.40. The number of aromatic carboxylic acids is 1. The van der Waals surface area contributed by atoms with Gasteiger partial charge in [0.05, 0.1) is 5.69 Å². The molecule has 0 spiro atoms. The Morgan fingerprint density at radius 2 is 2.24 bits per heavy atom. The molecule has 1 aromatic heterocycles. The summed E-state index contributed by atoms with van der Waals surface area (Å²) < 4.78 is 13.5. The van der Waals surface area contributed by atoms with Gasteiger partial charge in [-0.2, -0.15) is 5.10 Å². The first kappa shape index (κ1) is 11.7. The van der Waals surface area contributed by atoms with Gasteiger partial charge in [0.1, 0.15) is 11.5 Å². The van der Waals surface area contributed by atoms with Crippen LogP contribution in [-0.4, -0.2) is 27.5 Å². The monoisotopic (exact) mass is 252 g/mol. The van der Waals surface area contributed by atoms with Crippen LogP contribution in [0, 0.1) is 5.82 Å². The molecule has 2 rings (SSSR count). The Kier molecular flexibility index (Phi) is 3.14. The van der Waals surface area contributed by atoms with Gasteiger partial charge in [-0.25, -0.2) is 9.18 Å². The number of H-pyrrole nitrogens is 1. The summed E-state index contributed by atoms with van der Waals surface area (Å²) in [5.74, 6) is -1.43. The highest BCUT2D eigenvalue weighted by atomic mass is 32.2. The molecule has 0 radical (unpaired) electrons. The summed E-state index contributed by atoms with van der Waals surface area (Å²) in [6, 6.07) is 6.06. The van der Waals surface area contributed by atoms with E-state index < -0.39 is 5.97 Å². The maximum absolute atomic E-state index is 13.5. The SMILES string of the molecule is CSc1ccc(-c2cc(C(=O)O)[nH]n2)cc1F. The van der Waals surface area contributed by atoms with Gasteiger partial charge in [-0.3, -0.25) is 5.10 Å². The highest BCUT2D eigenvalue weighted by Gasteiger charge is 2.10. The summed E-state index contributed by atoms with van der Waals surface area (Å²) in [4.78, 5) is 11.2. The highest BCUT2D eigenvalue weighted by Crippen LogP contribution is 2.25. The number of thioether (sulfide) groups is 1. The topological polar surface area (TPSA) is 66.0 Å². The van der Waals surface area contributed by atoms with Gasteiger partial charge in [0.2, 0.25) is 0 Å². The van der Waals surface area contributed by atoms with E-state index in [9.17, 15) is 9.18 Å². The summed E-state index contributed by atoms with van der Waals surface area (Å²) in [6.45, 7) is 0. The first-order valence-corrected chi connectivity index (χ1v) is 5.97. The maximum Gasteiger partial charge on any atom is 0.353 e. The van der Waals surface area contributed by atoms with E-state index in [2.05, 4.69) is 10.2 Å². The Bertz CT molecular complexity index is 568. The number of halogens is 1. The van der Waals surface area contributed by atoms with E-state index in [4.69, 9.17) is 5.11 Å². The number of rotatable bonds is 3. The summed E-state index contributed by atoms with van der Waals surface area (Å²) in [6.07, 6.45) is 1.79. The molecule has 4 nitrogen and oxygen atoms in total. The lowest BCUT2D eigenvalue weighted by Gasteiger charge is -2.01. The molecule has 0 aliphatic heterocycles. The molecule has 0 aliphatic carbocycles. The molecule has 0 bridgehead atoms. The molecule has 2 aromatic rings. The molecule has 1 heterocycles. The van der Waals surface area contributed by atoms with Crippen molar-refractivity contribution in [1.29, 1.82) is 0 Å². The van der Waals surface area contributed by atoms with Crippen molar-refractivity contribution in [2.45, 2.75) is 4.90 Å². The van der Waals surface area contributed by atoms with E-state index in [0.29, 0.717) is 16.2 Å². The molecule has 0 fully saturated rings. The number of benzene rings is 1. The maximum atomic E-state index is 13.5. The molecule has 88 valence electrons. The van der Waals surface area contributed by atoms with Crippen molar-refractivity contribution >= 4 is 17.7 Å². The summed E-state index contributed by atoms with van der Waals surface area (Å²) in [5, 5.41) is 14.9. The van der Waals surface area contributed by atoms with Crippen LogP contribution in [0.25, 0.3) is 11.3 Å². The molecule has 0 saturated carbocycles. The number of carbonyl (C=O) groups is 1. The molecule has 17 heavy (non-hydrogen) atoms.